The number of nitrogens with zero attached hydrogens (tertiary/aromatic N) is 1. The van der Waals surface area contributed by atoms with Crippen LogP contribution in [-0.4, -0.2) is 29.6 Å². The second kappa shape index (κ2) is 8.00. The Morgan fingerprint density at radius 3 is 2.62 bits per heavy atom. The third-order valence-electron chi connectivity index (χ3n) is 5.90. The highest BCUT2D eigenvalue weighted by Crippen LogP contribution is 2.39. The summed E-state index contributed by atoms with van der Waals surface area (Å²) in [7, 11) is 1.60. The van der Waals surface area contributed by atoms with Crippen molar-refractivity contribution in [1.82, 2.24) is 9.88 Å². The normalized spacial score (nSPS) is 15.5. The van der Waals surface area contributed by atoms with Gasteiger partial charge in [-0.25, -0.2) is 13.6 Å². The first-order chi connectivity index (χ1) is 15.5. The van der Waals surface area contributed by atoms with Crippen LogP contribution in [0.2, 0.25) is 0 Å². The molecule has 0 aliphatic carbocycles. The Bertz CT molecular complexity index is 1300. The molecule has 2 amide bonds. The van der Waals surface area contributed by atoms with E-state index in [1.54, 1.807) is 12.0 Å². The lowest BCUT2D eigenvalue weighted by molar-refractivity contribution is 0.193. The topological polar surface area (TPSA) is 57.4 Å². The fourth-order valence-corrected chi connectivity index (χ4v) is 4.37. The Morgan fingerprint density at radius 1 is 1.09 bits per heavy atom. The van der Waals surface area contributed by atoms with Crippen LogP contribution in [0.3, 0.4) is 0 Å². The number of para-hydroxylation sites is 1. The third kappa shape index (κ3) is 3.45. The van der Waals surface area contributed by atoms with Gasteiger partial charge in [-0.3, -0.25) is 0 Å². The molecule has 0 unspecified atom stereocenters. The van der Waals surface area contributed by atoms with Gasteiger partial charge in [-0.2, -0.15) is 0 Å². The number of amides is 2. The molecule has 2 heterocycles. The van der Waals surface area contributed by atoms with Crippen molar-refractivity contribution in [1.29, 1.82) is 0 Å². The number of carbonyl (C=O) groups is 1. The van der Waals surface area contributed by atoms with E-state index in [0.29, 0.717) is 18.7 Å². The largest absolute Gasteiger partial charge is 0.497 e. The summed E-state index contributed by atoms with van der Waals surface area (Å²) in [6.45, 7) is 0.445. The quantitative estimate of drug-likeness (QED) is 0.440. The minimum atomic E-state index is -0.817. The van der Waals surface area contributed by atoms with E-state index in [-0.39, 0.29) is 5.69 Å². The van der Waals surface area contributed by atoms with Gasteiger partial charge < -0.3 is 19.9 Å². The highest BCUT2D eigenvalue weighted by atomic mass is 19.1. The molecule has 0 bridgehead atoms. The van der Waals surface area contributed by atoms with Crippen LogP contribution in [0.5, 0.6) is 5.75 Å². The molecule has 2 N–H and O–H groups in total. The first-order valence-electron chi connectivity index (χ1n) is 10.3. The Kier molecular flexibility index (Phi) is 5.01. The number of nitrogens with one attached hydrogen (secondary N) is 2. The number of H-pyrrole nitrogens is 1. The standard InChI is InChI=1S/C25H21F2N3O2/c1-32-17-9-6-15(7-10-17)24-23-19(18-4-2-3-5-21(18)28-23)12-13-30(24)25(31)29-22-11-8-16(26)14-20(22)27/h2-11,14,24,28H,12-13H2,1H3,(H,29,31)/t24-/m1/s1. The predicted octanol–water partition coefficient (Wildman–Crippen LogP) is 5.63. The lowest BCUT2D eigenvalue weighted by Gasteiger charge is -2.36. The molecule has 1 aromatic heterocycles. The van der Waals surface area contributed by atoms with Gasteiger partial charge in [0.05, 0.1) is 18.8 Å². The zero-order valence-corrected chi connectivity index (χ0v) is 17.4. The molecule has 5 nitrogen and oxygen atoms in total. The summed E-state index contributed by atoms with van der Waals surface area (Å²) in [5.41, 5.74) is 3.93. The van der Waals surface area contributed by atoms with Gasteiger partial charge in [0.2, 0.25) is 0 Å². The molecular weight excluding hydrogens is 412 g/mol. The van der Waals surface area contributed by atoms with Crippen LogP contribution in [0.4, 0.5) is 19.3 Å². The maximum absolute atomic E-state index is 14.2. The van der Waals surface area contributed by atoms with Crippen molar-refractivity contribution >= 4 is 22.6 Å². The molecule has 0 saturated heterocycles. The van der Waals surface area contributed by atoms with Crippen molar-refractivity contribution in [3.8, 4) is 5.75 Å². The van der Waals surface area contributed by atoms with Gasteiger partial charge in [-0.1, -0.05) is 30.3 Å². The van der Waals surface area contributed by atoms with Crippen LogP contribution < -0.4 is 10.1 Å². The van der Waals surface area contributed by atoms with Gasteiger partial charge in [-0.05, 0) is 47.9 Å². The SMILES string of the molecule is COc1ccc([C@@H]2c3[nH]c4ccccc4c3CCN2C(=O)Nc2ccc(F)cc2F)cc1. The van der Waals surface area contributed by atoms with Crippen molar-refractivity contribution < 1.29 is 18.3 Å². The number of hydrogen-bond acceptors (Lipinski definition) is 2. The molecule has 0 saturated carbocycles. The maximum atomic E-state index is 14.2. The number of urea groups is 1. The number of anilines is 1. The van der Waals surface area contributed by atoms with Crippen LogP contribution in [0.1, 0.15) is 22.9 Å². The Balaban J connectivity index is 1.56. The average Bonchev–Trinajstić information content (AvgIpc) is 3.19. The fraction of sp³-hybridized carbons (Fsp3) is 0.160. The monoisotopic (exact) mass is 433 g/mol. The minimum absolute atomic E-state index is 0.0627. The first-order valence-corrected chi connectivity index (χ1v) is 10.3. The second-order valence-electron chi connectivity index (χ2n) is 7.74. The van der Waals surface area contributed by atoms with Gasteiger partial charge >= 0.3 is 6.03 Å². The number of halogens is 2. The number of rotatable bonds is 3. The molecule has 5 rings (SSSR count). The minimum Gasteiger partial charge on any atom is -0.497 e. The van der Waals surface area contributed by atoms with E-state index in [2.05, 4.69) is 16.4 Å². The summed E-state index contributed by atoms with van der Waals surface area (Å²) in [6, 6.07) is 17.8. The summed E-state index contributed by atoms with van der Waals surface area (Å²) < 4.78 is 32.7. The second-order valence-corrected chi connectivity index (χ2v) is 7.74. The van der Waals surface area contributed by atoms with E-state index < -0.39 is 23.7 Å². The van der Waals surface area contributed by atoms with Crippen LogP contribution >= 0.6 is 0 Å². The van der Waals surface area contributed by atoms with Gasteiger partial charge in [0.1, 0.15) is 17.4 Å². The summed E-state index contributed by atoms with van der Waals surface area (Å²) in [6.07, 6.45) is 0.658. The summed E-state index contributed by atoms with van der Waals surface area (Å²) in [5.74, 6) is -0.800. The molecule has 0 spiro atoms. The number of fused-ring (bicyclic) bond motifs is 3. The number of aromatic nitrogens is 1. The van der Waals surface area contributed by atoms with Crippen molar-refractivity contribution in [3.05, 3.63) is 95.2 Å². The van der Waals surface area contributed by atoms with E-state index in [1.807, 2.05) is 42.5 Å². The van der Waals surface area contributed by atoms with Crippen LogP contribution in [0.15, 0.2) is 66.7 Å². The molecule has 7 heteroatoms. The molecule has 0 radical (unpaired) electrons. The number of carbonyl (C=O) groups excluding carboxylic acids is 1. The lowest BCUT2D eigenvalue weighted by atomic mass is 9.92. The first kappa shape index (κ1) is 20.1. The number of methoxy groups -OCH3 is 1. The number of aromatic amines is 1. The molecule has 1 atom stereocenters. The molecule has 32 heavy (non-hydrogen) atoms. The lowest BCUT2D eigenvalue weighted by Crippen LogP contribution is -2.43. The highest BCUT2D eigenvalue weighted by Gasteiger charge is 2.34. The molecule has 1 aliphatic rings. The van der Waals surface area contributed by atoms with Crippen molar-refractivity contribution in [2.45, 2.75) is 12.5 Å². The summed E-state index contributed by atoms with van der Waals surface area (Å²) >= 11 is 0. The number of hydrogen-bond donors (Lipinski definition) is 2. The van der Waals surface area contributed by atoms with E-state index in [1.165, 1.54) is 11.6 Å². The van der Waals surface area contributed by atoms with Gasteiger partial charge in [0.25, 0.3) is 0 Å². The molecule has 1 aliphatic heterocycles. The summed E-state index contributed by atoms with van der Waals surface area (Å²) in [5, 5.41) is 3.73. The molecule has 162 valence electrons. The van der Waals surface area contributed by atoms with Gasteiger partial charge in [-0.15, -0.1) is 0 Å². The number of ether oxygens (including phenoxy) is 1. The molecular formula is C25H21F2N3O2. The zero-order valence-electron chi connectivity index (χ0n) is 17.4. The van der Waals surface area contributed by atoms with Crippen molar-refractivity contribution in [3.63, 3.8) is 0 Å². The Labute approximate surface area is 183 Å². The van der Waals surface area contributed by atoms with Crippen LogP contribution in [0, 0.1) is 11.6 Å². The highest BCUT2D eigenvalue weighted by molar-refractivity contribution is 5.91. The third-order valence-corrected chi connectivity index (χ3v) is 5.90. The van der Waals surface area contributed by atoms with E-state index >= 15 is 0 Å². The Hall–Kier alpha value is -3.87. The fourth-order valence-electron chi connectivity index (χ4n) is 4.37. The average molecular weight is 433 g/mol. The van der Waals surface area contributed by atoms with Crippen LogP contribution in [0.25, 0.3) is 10.9 Å². The zero-order chi connectivity index (χ0) is 22.2. The van der Waals surface area contributed by atoms with E-state index in [9.17, 15) is 13.6 Å². The molecule has 3 aromatic carbocycles. The molecule has 0 fully saturated rings. The molecule has 4 aromatic rings. The smallest absolute Gasteiger partial charge is 0.322 e. The predicted molar refractivity (Wildman–Crippen MR) is 119 cm³/mol. The van der Waals surface area contributed by atoms with Gasteiger partial charge in [0, 0.05) is 29.2 Å². The van der Waals surface area contributed by atoms with Crippen molar-refractivity contribution in [2.24, 2.45) is 0 Å². The number of benzene rings is 3. The van der Waals surface area contributed by atoms with E-state index in [4.69, 9.17) is 4.74 Å². The maximum Gasteiger partial charge on any atom is 0.322 e. The Morgan fingerprint density at radius 2 is 1.88 bits per heavy atom. The van der Waals surface area contributed by atoms with Crippen molar-refractivity contribution in [2.75, 3.05) is 19.0 Å². The van der Waals surface area contributed by atoms with Crippen LogP contribution in [-0.2, 0) is 6.42 Å². The summed E-state index contributed by atoms with van der Waals surface area (Å²) in [4.78, 5) is 18.4. The van der Waals surface area contributed by atoms with E-state index in [0.717, 1.165) is 34.3 Å². The van der Waals surface area contributed by atoms with Gasteiger partial charge in [0.15, 0.2) is 0 Å².